The van der Waals surface area contributed by atoms with Crippen molar-refractivity contribution in [2.24, 2.45) is 0 Å². The second kappa shape index (κ2) is 4.55. The number of hydrogen-bond acceptors (Lipinski definition) is 2. The fraction of sp³-hybridized carbons (Fsp3) is 0.167. The maximum Gasteiger partial charge on any atom is 0.207 e. The van der Waals surface area contributed by atoms with E-state index in [4.69, 9.17) is 0 Å². The molecule has 0 radical (unpaired) electrons. The van der Waals surface area contributed by atoms with Crippen LogP contribution in [0.2, 0.25) is 0 Å². The number of hydrogen-bond donors (Lipinski definition) is 0. The molecule has 4 heteroatoms. The Bertz CT molecular complexity index is 556. The van der Waals surface area contributed by atoms with Gasteiger partial charge in [0.1, 0.15) is 0 Å². The van der Waals surface area contributed by atoms with E-state index in [1.165, 1.54) is 0 Å². The van der Waals surface area contributed by atoms with E-state index < -0.39 is 9.84 Å². The minimum Gasteiger partial charge on any atom is -0.218 e. The lowest BCUT2D eigenvalue weighted by atomic mass is 10.2. The SMILES string of the molecule is O=S(=O)(C1=CCCC=C1)c1ccccc1Br. The smallest absolute Gasteiger partial charge is 0.207 e. The predicted octanol–water partition coefficient (Wildman–Crippen LogP) is 3.46. The Labute approximate surface area is 104 Å². The third-order valence-corrected chi connectivity index (χ3v) is 5.21. The van der Waals surface area contributed by atoms with Gasteiger partial charge in [-0.05, 0) is 47.0 Å². The summed E-state index contributed by atoms with van der Waals surface area (Å²) in [5.74, 6) is 0. The summed E-state index contributed by atoms with van der Waals surface area (Å²) in [7, 11) is -3.37. The third kappa shape index (κ3) is 2.13. The molecule has 0 unspecified atom stereocenters. The summed E-state index contributed by atoms with van der Waals surface area (Å²) in [6.07, 6.45) is 7.04. The quantitative estimate of drug-likeness (QED) is 0.838. The number of halogens is 1. The first kappa shape index (κ1) is 11.6. The molecular weight excluding hydrogens is 288 g/mol. The van der Waals surface area contributed by atoms with Gasteiger partial charge in [0.25, 0.3) is 0 Å². The highest BCUT2D eigenvalue weighted by molar-refractivity contribution is 9.10. The summed E-state index contributed by atoms with van der Waals surface area (Å²) < 4.78 is 25.1. The van der Waals surface area contributed by atoms with Crippen molar-refractivity contribution in [1.29, 1.82) is 0 Å². The Hall–Kier alpha value is -0.870. The first-order valence-corrected chi connectivity index (χ1v) is 7.26. The molecule has 0 saturated heterocycles. The lowest BCUT2D eigenvalue weighted by molar-refractivity contribution is 0.602. The molecule has 2 rings (SSSR count). The predicted molar refractivity (Wildman–Crippen MR) is 67.8 cm³/mol. The van der Waals surface area contributed by atoms with Gasteiger partial charge in [-0.2, -0.15) is 0 Å². The summed E-state index contributed by atoms with van der Waals surface area (Å²) in [4.78, 5) is 0.721. The van der Waals surface area contributed by atoms with Crippen LogP contribution in [0.4, 0.5) is 0 Å². The van der Waals surface area contributed by atoms with Crippen molar-refractivity contribution in [1.82, 2.24) is 0 Å². The van der Waals surface area contributed by atoms with E-state index in [1.54, 1.807) is 36.4 Å². The van der Waals surface area contributed by atoms with E-state index in [-0.39, 0.29) is 0 Å². The lowest BCUT2D eigenvalue weighted by Gasteiger charge is -2.09. The van der Waals surface area contributed by atoms with Crippen LogP contribution in [-0.4, -0.2) is 8.42 Å². The Morgan fingerprint density at radius 1 is 1.12 bits per heavy atom. The van der Waals surface area contributed by atoms with Gasteiger partial charge in [-0.1, -0.05) is 24.3 Å². The molecule has 1 aromatic rings. The van der Waals surface area contributed by atoms with Gasteiger partial charge in [-0.3, -0.25) is 0 Å². The number of sulfone groups is 1. The zero-order valence-electron chi connectivity index (χ0n) is 8.56. The standard InChI is InChI=1S/C12H11BrO2S/c13-11-8-4-5-9-12(11)16(14,15)10-6-2-1-3-7-10/h2,4-9H,1,3H2. The number of rotatable bonds is 2. The largest absolute Gasteiger partial charge is 0.218 e. The summed E-state index contributed by atoms with van der Waals surface area (Å²) in [5, 5.41) is 0. The van der Waals surface area contributed by atoms with Gasteiger partial charge in [0.05, 0.1) is 9.80 Å². The first-order valence-electron chi connectivity index (χ1n) is 4.99. The van der Waals surface area contributed by atoms with Crippen molar-refractivity contribution in [2.75, 3.05) is 0 Å². The van der Waals surface area contributed by atoms with Crippen LogP contribution in [0.15, 0.2) is 56.8 Å². The molecule has 0 amide bonds. The topological polar surface area (TPSA) is 34.1 Å². The van der Waals surface area contributed by atoms with Crippen molar-refractivity contribution in [3.05, 3.63) is 51.9 Å². The molecule has 1 aliphatic carbocycles. The fourth-order valence-corrected chi connectivity index (χ4v) is 3.95. The summed E-state index contributed by atoms with van der Waals surface area (Å²) >= 11 is 3.27. The van der Waals surface area contributed by atoms with Crippen molar-refractivity contribution >= 4 is 25.8 Å². The van der Waals surface area contributed by atoms with Gasteiger partial charge >= 0.3 is 0 Å². The molecule has 0 aromatic heterocycles. The molecule has 2 nitrogen and oxygen atoms in total. The van der Waals surface area contributed by atoms with Crippen molar-refractivity contribution in [3.8, 4) is 0 Å². The monoisotopic (exact) mass is 298 g/mol. The van der Waals surface area contributed by atoms with E-state index in [0.29, 0.717) is 14.3 Å². The van der Waals surface area contributed by atoms with Crippen LogP contribution in [0.25, 0.3) is 0 Å². The summed E-state index contributed by atoms with van der Waals surface area (Å²) in [6, 6.07) is 6.88. The van der Waals surface area contributed by atoms with E-state index in [0.717, 1.165) is 12.8 Å². The van der Waals surface area contributed by atoms with Crippen LogP contribution in [0.1, 0.15) is 12.8 Å². The number of benzene rings is 1. The van der Waals surface area contributed by atoms with Gasteiger partial charge in [0.15, 0.2) is 0 Å². The maximum atomic E-state index is 12.3. The van der Waals surface area contributed by atoms with Crippen LogP contribution in [0.5, 0.6) is 0 Å². The average molecular weight is 299 g/mol. The molecule has 1 aliphatic rings. The Balaban J connectivity index is 2.52. The molecule has 0 N–H and O–H groups in total. The highest BCUT2D eigenvalue weighted by Crippen LogP contribution is 2.29. The van der Waals surface area contributed by atoms with Crippen LogP contribution in [-0.2, 0) is 9.84 Å². The maximum absolute atomic E-state index is 12.3. The average Bonchev–Trinajstić information content (AvgIpc) is 2.30. The second-order valence-electron chi connectivity index (χ2n) is 3.52. The Kier molecular flexibility index (Phi) is 3.30. The number of allylic oxidation sites excluding steroid dienone is 3. The highest BCUT2D eigenvalue weighted by atomic mass is 79.9. The molecule has 0 aliphatic heterocycles. The molecule has 1 aromatic carbocycles. The van der Waals surface area contributed by atoms with Gasteiger partial charge in [-0.15, -0.1) is 0 Å². The first-order chi connectivity index (χ1) is 7.62. The highest BCUT2D eigenvalue weighted by Gasteiger charge is 2.21. The zero-order valence-corrected chi connectivity index (χ0v) is 11.0. The van der Waals surface area contributed by atoms with Gasteiger partial charge < -0.3 is 0 Å². The Morgan fingerprint density at radius 2 is 1.88 bits per heavy atom. The lowest BCUT2D eigenvalue weighted by Crippen LogP contribution is -2.05. The normalized spacial score (nSPS) is 15.9. The summed E-state index contributed by atoms with van der Waals surface area (Å²) in [6.45, 7) is 0. The molecule has 0 saturated carbocycles. The van der Waals surface area contributed by atoms with Crippen molar-refractivity contribution < 1.29 is 8.42 Å². The fourth-order valence-electron chi connectivity index (χ4n) is 1.58. The third-order valence-electron chi connectivity index (χ3n) is 2.40. The molecule has 0 heterocycles. The van der Waals surface area contributed by atoms with Crippen molar-refractivity contribution in [3.63, 3.8) is 0 Å². The van der Waals surface area contributed by atoms with Crippen LogP contribution in [0, 0.1) is 0 Å². The Morgan fingerprint density at radius 3 is 2.50 bits per heavy atom. The van der Waals surface area contributed by atoms with Crippen molar-refractivity contribution in [2.45, 2.75) is 17.7 Å². The van der Waals surface area contributed by atoms with Gasteiger partial charge in [0, 0.05) is 4.47 Å². The van der Waals surface area contributed by atoms with Gasteiger partial charge in [-0.25, -0.2) is 8.42 Å². The van der Waals surface area contributed by atoms with Crippen LogP contribution in [0.3, 0.4) is 0 Å². The molecule has 0 bridgehead atoms. The van der Waals surface area contributed by atoms with E-state index in [9.17, 15) is 8.42 Å². The molecular formula is C12H11BrO2S. The van der Waals surface area contributed by atoms with E-state index in [2.05, 4.69) is 15.9 Å². The van der Waals surface area contributed by atoms with E-state index in [1.807, 2.05) is 6.08 Å². The molecule has 84 valence electrons. The molecule has 0 atom stereocenters. The zero-order chi connectivity index (χ0) is 11.6. The molecule has 0 spiro atoms. The van der Waals surface area contributed by atoms with Crippen LogP contribution < -0.4 is 0 Å². The second-order valence-corrected chi connectivity index (χ2v) is 6.29. The molecule has 0 fully saturated rings. The minimum absolute atomic E-state index is 0.327. The van der Waals surface area contributed by atoms with E-state index >= 15 is 0 Å². The minimum atomic E-state index is -3.37. The van der Waals surface area contributed by atoms with Gasteiger partial charge in [0.2, 0.25) is 9.84 Å². The van der Waals surface area contributed by atoms with Crippen LogP contribution >= 0.6 is 15.9 Å². The molecule has 16 heavy (non-hydrogen) atoms. The summed E-state index contributed by atoms with van der Waals surface area (Å²) in [5.41, 5.74) is 0.